The molecule has 0 saturated carbocycles. The third kappa shape index (κ3) is 5.65. The summed E-state index contributed by atoms with van der Waals surface area (Å²) in [6.45, 7) is 4.32. The van der Waals surface area contributed by atoms with E-state index >= 15 is 0 Å². The third-order valence-corrected chi connectivity index (χ3v) is 3.72. The predicted octanol–water partition coefficient (Wildman–Crippen LogP) is 4.75. The number of aryl methyl sites for hydroxylation is 1. The summed E-state index contributed by atoms with van der Waals surface area (Å²) in [4.78, 5) is 0. The van der Waals surface area contributed by atoms with Crippen molar-refractivity contribution in [3.8, 4) is 5.75 Å². The SMILES string of the molecule is CCCCCCCCC(N)c1ccc(OC)c(C)c1. The fraction of sp³-hybridized carbons (Fsp3) is 0.647. The van der Waals surface area contributed by atoms with Gasteiger partial charge in [-0.1, -0.05) is 57.6 Å². The fourth-order valence-corrected chi connectivity index (χ4v) is 2.44. The number of benzene rings is 1. The summed E-state index contributed by atoms with van der Waals surface area (Å²) < 4.78 is 5.27. The monoisotopic (exact) mass is 263 g/mol. The van der Waals surface area contributed by atoms with Crippen LogP contribution < -0.4 is 10.5 Å². The van der Waals surface area contributed by atoms with Crippen molar-refractivity contribution in [2.24, 2.45) is 5.73 Å². The number of nitrogens with two attached hydrogens (primary N) is 1. The molecule has 2 N–H and O–H groups in total. The van der Waals surface area contributed by atoms with Crippen molar-refractivity contribution in [1.29, 1.82) is 0 Å². The molecule has 19 heavy (non-hydrogen) atoms. The molecular weight excluding hydrogens is 234 g/mol. The van der Waals surface area contributed by atoms with Gasteiger partial charge in [0.05, 0.1) is 7.11 Å². The van der Waals surface area contributed by atoms with Crippen LogP contribution in [0, 0.1) is 6.92 Å². The van der Waals surface area contributed by atoms with Gasteiger partial charge in [0, 0.05) is 6.04 Å². The molecule has 0 radical (unpaired) electrons. The first kappa shape index (κ1) is 16.0. The maximum atomic E-state index is 6.26. The number of rotatable bonds is 9. The fourth-order valence-electron chi connectivity index (χ4n) is 2.44. The Morgan fingerprint density at radius 3 is 2.42 bits per heavy atom. The van der Waals surface area contributed by atoms with Crippen LogP contribution in [0.4, 0.5) is 0 Å². The lowest BCUT2D eigenvalue weighted by atomic mass is 9.99. The second kappa shape index (κ2) is 8.98. The molecule has 2 nitrogen and oxygen atoms in total. The van der Waals surface area contributed by atoms with Gasteiger partial charge >= 0.3 is 0 Å². The van der Waals surface area contributed by atoms with Crippen LogP contribution in [0.3, 0.4) is 0 Å². The number of hydrogen-bond acceptors (Lipinski definition) is 2. The van der Waals surface area contributed by atoms with E-state index in [0.29, 0.717) is 0 Å². The van der Waals surface area contributed by atoms with E-state index < -0.39 is 0 Å². The molecule has 1 aromatic carbocycles. The average molecular weight is 263 g/mol. The Morgan fingerprint density at radius 1 is 1.11 bits per heavy atom. The van der Waals surface area contributed by atoms with E-state index in [-0.39, 0.29) is 6.04 Å². The van der Waals surface area contributed by atoms with Gasteiger partial charge in [-0.3, -0.25) is 0 Å². The van der Waals surface area contributed by atoms with Gasteiger partial charge in [0.1, 0.15) is 5.75 Å². The standard InChI is InChI=1S/C17H29NO/c1-4-5-6-7-8-9-10-16(18)15-11-12-17(19-3)14(2)13-15/h11-13,16H,4-10,18H2,1-3H3. The Labute approximate surface area is 118 Å². The van der Waals surface area contributed by atoms with Crippen LogP contribution in [0.25, 0.3) is 0 Å². The minimum absolute atomic E-state index is 0.163. The first-order valence-corrected chi connectivity index (χ1v) is 7.59. The molecule has 1 aromatic rings. The summed E-state index contributed by atoms with van der Waals surface area (Å²) in [5.74, 6) is 0.940. The molecule has 0 fully saturated rings. The van der Waals surface area contributed by atoms with Crippen molar-refractivity contribution in [3.05, 3.63) is 29.3 Å². The van der Waals surface area contributed by atoms with Crippen molar-refractivity contribution in [2.45, 2.75) is 64.8 Å². The van der Waals surface area contributed by atoms with E-state index in [4.69, 9.17) is 10.5 Å². The van der Waals surface area contributed by atoms with Crippen LogP contribution in [0.1, 0.15) is 69.0 Å². The van der Waals surface area contributed by atoms with Crippen LogP contribution in [0.5, 0.6) is 5.75 Å². The van der Waals surface area contributed by atoms with Crippen LogP contribution in [-0.2, 0) is 0 Å². The minimum atomic E-state index is 0.163. The van der Waals surface area contributed by atoms with Gasteiger partial charge in [-0.25, -0.2) is 0 Å². The zero-order valence-electron chi connectivity index (χ0n) is 12.7. The first-order valence-electron chi connectivity index (χ1n) is 7.59. The van der Waals surface area contributed by atoms with Gasteiger partial charge in [-0.15, -0.1) is 0 Å². The smallest absolute Gasteiger partial charge is 0.121 e. The van der Waals surface area contributed by atoms with E-state index in [2.05, 4.69) is 26.0 Å². The molecule has 0 bridgehead atoms. The molecule has 0 aliphatic heterocycles. The second-order valence-corrected chi connectivity index (χ2v) is 5.39. The zero-order chi connectivity index (χ0) is 14.1. The second-order valence-electron chi connectivity index (χ2n) is 5.39. The largest absolute Gasteiger partial charge is 0.496 e. The van der Waals surface area contributed by atoms with E-state index in [1.54, 1.807) is 7.11 Å². The molecule has 1 unspecified atom stereocenters. The van der Waals surface area contributed by atoms with Gasteiger partial charge in [0.25, 0.3) is 0 Å². The molecule has 1 rings (SSSR count). The molecule has 0 aliphatic rings. The molecule has 0 heterocycles. The highest BCUT2D eigenvalue weighted by atomic mass is 16.5. The molecule has 0 aromatic heterocycles. The van der Waals surface area contributed by atoms with Crippen LogP contribution >= 0.6 is 0 Å². The van der Waals surface area contributed by atoms with Gasteiger partial charge in [-0.2, -0.15) is 0 Å². The van der Waals surface area contributed by atoms with Gasteiger partial charge < -0.3 is 10.5 Å². The summed E-state index contributed by atoms with van der Waals surface area (Å²) >= 11 is 0. The molecule has 2 heteroatoms. The average Bonchev–Trinajstić information content (AvgIpc) is 2.42. The van der Waals surface area contributed by atoms with Crippen molar-refractivity contribution >= 4 is 0 Å². The summed E-state index contributed by atoms with van der Waals surface area (Å²) in [6.07, 6.45) is 9.01. The lowest BCUT2D eigenvalue weighted by Gasteiger charge is -2.14. The quantitative estimate of drug-likeness (QED) is 0.652. The van der Waals surface area contributed by atoms with Crippen molar-refractivity contribution in [3.63, 3.8) is 0 Å². The van der Waals surface area contributed by atoms with Crippen molar-refractivity contribution in [2.75, 3.05) is 7.11 Å². The van der Waals surface area contributed by atoms with Gasteiger partial charge in [-0.05, 0) is 30.5 Å². The molecule has 1 atom stereocenters. The molecule has 0 spiro atoms. The maximum absolute atomic E-state index is 6.26. The van der Waals surface area contributed by atoms with E-state index in [9.17, 15) is 0 Å². The van der Waals surface area contributed by atoms with E-state index in [1.807, 2.05) is 6.07 Å². The maximum Gasteiger partial charge on any atom is 0.121 e. The third-order valence-electron chi connectivity index (χ3n) is 3.72. The van der Waals surface area contributed by atoms with Gasteiger partial charge in [0.2, 0.25) is 0 Å². The number of ether oxygens (including phenoxy) is 1. The number of unbranched alkanes of at least 4 members (excludes halogenated alkanes) is 5. The highest BCUT2D eigenvalue weighted by Crippen LogP contribution is 2.24. The number of methoxy groups -OCH3 is 1. The Kier molecular flexibility index (Phi) is 7.57. The van der Waals surface area contributed by atoms with Crippen molar-refractivity contribution in [1.82, 2.24) is 0 Å². The first-order chi connectivity index (χ1) is 9.19. The summed E-state index contributed by atoms with van der Waals surface area (Å²) in [7, 11) is 1.71. The highest BCUT2D eigenvalue weighted by molar-refractivity contribution is 5.37. The Morgan fingerprint density at radius 2 is 1.79 bits per heavy atom. The van der Waals surface area contributed by atoms with Crippen LogP contribution in [0.2, 0.25) is 0 Å². The summed E-state index contributed by atoms with van der Waals surface area (Å²) in [5, 5.41) is 0. The normalized spacial score (nSPS) is 12.4. The molecule has 0 aliphatic carbocycles. The van der Waals surface area contributed by atoms with E-state index in [1.165, 1.54) is 49.7 Å². The zero-order valence-corrected chi connectivity index (χ0v) is 12.7. The Bertz CT molecular complexity index is 362. The summed E-state index contributed by atoms with van der Waals surface area (Å²) in [5.41, 5.74) is 8.65. The Balaban J connectivity index is 2.33. The topological polar surface area (TPSA) is 35.2 Å². The molecule has 0 saturated heterocycles. The molecule has 108 valence electrons. The van der Waals surface area contributed by atoms with Crippen LogP contribution in [0.15, 0.2) is 18.2 Å². The lowest BCUT2D eigenvalue weighted by Crippen LogP contribution is -2.10. The molecule has 0 amide bonds. The Hall–Kier alpha value is -1.02. The van der Waals surface area contributed by atoms with Crippen molar-refractivity contribution < 1.29 is 4.74 Å². The highest BCUT2D eigenvalue weighted by Gasteiger charge is 2.07. The minimum Gasteiger partial charge on any atom is -0.496 e. The van der Waals surface area contributed by atoms with Crippen LogP contribution in [-0.4, -0.2) is 7.11 Å². The van der Waals surface area contributed by atoms with E-state index in [0.717, 1.165) is 12.2 Å². The molecular formula is C17H29NO. The number of hydrogen-bond donors (Lipinski definition) is 1. The lowest BCUT2D eigenvalue weighted by molar-refractivity contribution is 0.411. The summed E-state index contributed by atoms with van der Waals surface area (Å²) in [6, 6.07) is 6.43. The van der Waals surface area contributed by atoms with Gasteiger partial charge in [0.15, 0.2) is 0 Å². The predicted molar refractivity (Wildman–Crippen MR) is 82.7 cm³/mol.